The summed E-state index contributed by atoms with van der Waals surface area (Å²) in [5, 5.41) is 14.1. The van der Waals surface area contributed by atoms with Crippen LogP contribution in [0.1, 0.15) is 22.3 Å². The molecule has 1 amide bonds. The molecule has 2 aromatic rings. The molecule has 2 aromatic carbocycles. The zero-order valence-corrected chi connectivity index (χ0v) is 20.6. The van der Waals surface area contributed by atoms with E-state index in [2.05, 4.69) is 46.3 Å². The van der Waals surface area contributed by atoms with E-state index in [1.54, 1.807) is 13.2 Å². The highest BCUT2D eigenvalue weighted by Crippen LogP contribution is 2.33. The van der Waals surface area contributed by atoms with Gasteiger partial charge in [0, 0.05) is 44.4 Å². The number of ether oxygens (including phenoxy) is 3. The number of aryl methyl sites for hydroxylation is 1. The number of phenols is 1. The highest BCUT2D eigenvalue weighted by Gasteiger charge is 2.19. The number of rotatable bonds is 9. The summed E-state index contributed by atoms with van der Waals surface area (Å²) in [6, 6.07) is 7.35. The third kappa shape index (κ3) is 6.39. The number of aromatic hydroxyl groups is 1. The summed E-state index contributed by atoms with van der Waals surface area (Å²) in [6.45, 7) is 8.66. The smallest absolute Gasteiger partial charge is 0.254 e. The first-order chi connectivity index (χ1) is 16.3. The largest absolute Gasteiger partial charge is 0.507 e. The first kappa shape index (κ1) is 25.3. The Hall–Kier alpha value is -3.30. The Balaban J connectivity index is 1.47. The fraction of sp³-hybridized carbons (Fsp3) is 0.440. The molecule has 0 aliphatic carbocycles. The van der Waals surface area contributed by atoms with Gasteiger partial charge in [-0.15, -0.1) is 0 Å². The van der Waals surface area contributed by atoms with Crippen LogP contribution in [0.2, 0.25) is 0 Å². The highest BCUT2D eigenvalue weighted by atomic mass is 16.5. The molecule has 184 valence electrons. The number of phenolic OH excluding ortho intramolecular Hbond substituents is 1. The molecule has 1 saturated heterocycles. The fourth-order valence-electron chi connectivity index (χ4n) is 3.97. The van der Waals surface area contributed by atoms with Crippen LogP contribution < -0.4 is 19.6 Å². The van der Waals surface area contributed by atoms with Crippen molar-refractivity contribution in [3.63, 3.8) is 0 Å². The topological polar surface area (TPSA) is 95.9 Å². The Labute approximate surface area is 200 Å². The number of nitrogens with one attached hydrogen (secondary N) is 1. The number of benzene rings is 2. The molecular formula is C25H34N4O5. The van der Waals surface area contributed by atoms with Crippen LogP contribution >= 0.6 is 0 Å². The predicted molar refractivity (Wildman–Crippen MR) is 131 cm³/mol. The Morgan fingerprint density at radius 1 is 0.971 bits per heavy atom. The van der Waals surface area contributed by atoms with Crippen molar-refractivity contribution in [2.75, 3.05) is 54.1 Å². The maximum absolute atomic E-state index is 12.3. The van der Waals surface area contributed by atoms with E-state index in [0.717, 1.165) is 38.5 Å². The van der Waals surface area contributed by atoms with Gasteiger partial charge in [0.2, 0.25) is 0 Å². The summed E-state index contributed by atoms with van der Waals surface area (Å²) in [7, 11) is 4.71. The second-order valence-electron chi connectivity index (χ2n) is 8.35. The van der Waals surface area contributed by atoms with Gasteiger partial charge in [-0.2, -0.15) is 5.10 Å². The van der Waals surface area contributed by atoms with E-state index in [1.807, 2.05) is 0 Å². The molecule has 3 rings (SSSR count). The second kappa shape index (κ2) is 11.7. The number of hydrogen-bond acceptors (Lipinski definition) is 8. The molecule has 9 nitrogen and oxygen atoms in total. The molecular weight excluding hydrogens is 436 g/mol. The molecule has 0 aromatic heterocycles. The molecule has 0 radical (unpaired) electrons. The highest BCUT2D eigenvalue weighted by molar-refractivity contribution is 5.86. The molecule has 1 heterocycles. The molecule has 1 aliphatic rings. The normalized spacial score (nSPS) is 14.9. The van der Waals surface area contributed by atoms with Gasteiger partial charge < -0.3 is 19.3 Å². The Morgan fingerprint density at radius 2 is 1.59 bits per heavy atom. The van der Waals surface area contributed by atoms with E-state index in [0.29, 0.717) is 17.1 Å². The van der Waals surface area contributed by atoms with Crippen LogP contribution in [0.15, 0.2) is 29.4 Å². The molecule has 1 aliphatic heterocycles. The van der Waals surface area contributed by atoms with E-state index in [-0.39, 0.29) is 18.2 Å². The maximum atomic E-state index is 12.3. The number of hydrogen-bond donors (Lipinski definition) is 2. The number of carbonyl (C=O) groups excluding carboxylic acids is 1. The second-order valence-corrected chi connectivity index (χ2v) is 8.35. The lowest BCUT2D eigenvalue weighted by atomic mass is 10.0. The third-order valence-corrected chi connectivity index (χ3v) is 6.06. The average Bonchev–Trinajstić information content (AvgIpc) is 2.83. The molecule has 0 atom stereocenters. The Kier molecular flexibility index (Phi) is 8.72. The average molecular weight is 471 g/mol. The van der Waals surface area contributed by atoms with Gasteiger partial charge in [0.1, 0.15) is 11.5 Å². The van der Waals surface area contributed by atoms with Gasteiger partial charge in [0.05, 0.1) is 34.1 Å². The summed E-state index contributed by atoms with van der Waals surface area (Å²) in [5.41, 5.74) is 6.57. The minimum Gasteiger partial charge on any atom is -0.507 e. The van der Waals surface area contributed by atoms with Crippen molar-refractivity contribution in [3.05, 3.63) is 46.5 Å². The van der Waals surface area contributed by atoms with Gasteiger partial charge in [-0.25, -0.2) is 5.43 Å². The lowest BCUT2D eigenvalue weighted by Crippen LogP contribution is -2.48. The number of amides is 1. The summed E-state index contributed by atoms with van der Waals surface area (Å²) < 4.78 is 15.9. The SMILES string of the molecule is COc1cc(O)c(/C=N/NC(=O)CN2CCN(Cc3cc(C)c(C)c(OC)c3)CC2)cc1OC. The third-order valence-electron chi connectivity index (χ3n) is 6.06. The van der Waals surface area contributed by atoms with Crippen LogP contribution in [0.5, 0.6) is 23.0 Å². The van der Waals surface area contributed by atoms with Gasteiger partial charge >= 0.3 is 0 Å². The summed E-state index contributed by atoms with van der Waals surface area (Å²) in [6.07, 6.45) is 1.38. The van der Waals surface area contributed by atoms with Gasteiger partial charge in [-0.1, -0.05) is 6.07 Å². The quantitative estimate of drug-likeness (QED) is 0.429. The summed E-state index contributed by atoms with van der Waals surface area (Å²) >= 11 is 0. The van der Waals surface area contributed by atoms with Crippen molar-refractivity contribution in [1.29, 1.82) is 0 Å². The van der Waals surface area contributed by atoms with Gasteiger partial charge in [-0.3, -0.25) is 14.6 Å². The van der Waals surface area contributed by atoms with Crippen molar-refractivity contribution in [3.8, 4) is 23.0 Å². The van der Waals surface area contributed by atoms with Crippen molar-refractivity contribution in [2.45, 2.75) is 20.4 Å². The lowest BCUT2D eigenvalue weighted by Gasteiger charge is -2.34. The minimum absolute atomic E-state index is 0.0202. The maximum Gasteiger partial charge on any atom is 0.254 e. The van der Waals surface area contributed by atoms with E-state index < -0.39 is 0 Å². The molecule has 9 heteroatoms. The van der Waals surface area contributed by atoms with E-state index >= 15 is 0 Å². The number of carbonyl (C=O) groups is 1. The molecule has 0 unspecified atom stereocenters. The molecule has 34 heavy (non-hydrogen) atoms. The molecule has 1 fully saturated rings. The Bertz CT molecular complexity index is 1030. The predicted octanol–water partition coefficient (Wildman–Crippen LogP) is 2.30. The molecule has 2 N–H and O–H groups in total. The monoisotopic (exact) mass is 470 g/mol. The van der Waals surface area contributed by atoms with Crippen molar-refractivity contribution in [2.24, 2.45) is 5.10 Å². The van der Waals surface area contributed by atoms with E-state index in [4.69, 9.17) is 14.2 Å². The van der Waals surface area contributed by atoms with Crippen LogP contribution in [0.3, 0.4) is 0 Å². The van der Waals surface area contributed by atoms with Crippen LogP contribution in [0.4, 0.5) is 0 Å². The van der Waals surface area contributed by atoms with Crippen LogP contribution in [0, 0.1) is 13.8 Å². The number of hydrazone groups is 1. The van der Waals surface area contributed by atoms with Crippen LogP contribution in [-0.4, -0.2) is 81.1 Å². The van der Waals surface area contributed by atoms with E-state index in [1.165, 1.54) is 43.2 Å². The van der Waals surface area contributed by atoms with Gasteiger partial charge in [0.25, 0.3) is 5.91 Å². The summed E-state index contributed by atoms with van der Waals surface area (Å²) in [5.74, 6) is 1.58. The fourth-order valence-corrected chi connectivity index (χ4v) is 3.97. The van der Waals surface area contributed by atoms with Crippen LogP contribution in [0.25, 0.3) is 0 Å². The number of piperazine rings is 1. The lowest BCUT2D eigenvalue weighted by molar-refractivity contribution is -0.122. The number of methoxy groups -OCH3 is 3. The van der Waals surface area contributed by atoms with Crippen molar-refractivity contribution < 1.29 is 24.1 Å². The van der Waals surface area contributed by atoms with E-state index in [9.17, 15) is 9.90 Å². The molecule has 0 spiro atoms. The zero-order valence-electron chi connectivity index (χ0n) is 20.6. The zero-order chi connectivity index (χ0) is 24.7. The van der Waals surface area contributed by atoms with Crippen molar-refractivity contribution >= 4 is 12.1 Å². The van der Waals surface area contributed by atoms with Crippen molar-refractivity contribution in [1.82, 2.24) is 15.2 Å². The minimum atomic E-state index is -0.205. The number of nitrogens with zero attached hydrogens (tertiary/aromatic N) is 3. The Morgan fingerprint density at radius 3 is 2.24 bits per heavy atom. The van der Waals surface area contributed by atoms with Gasteiger partial charge in [0.15, 0.2) is 11.5 Å². The molecule has 0 bridgehead atoms. The van der Waals surface area contributed by atoms with Crippen LogP contribution in [-0.2, 0) is 11.3 Å². The first-order valence-electron chi connectivity index (χ1n) is 11.2. The molecule has 0 saturated carbocycles. The first-order valence-corrected chi connectivity index (χ1v) is 11.2. The summed E-state index contributed by atoms with van der Waals surface area (Å²) in [4.78, 5) is 16.8. The van der Waals surface area contributed by atoms with Gasteiger partial charge in [-0.05, 0) is 42.7 Å². The standard InChI is InChI=1S/C25H34N4O5/c1-17-10-19(11-22(32-3)18(17)2)15-28-6-8-29(9-7-28)16-25(31)27-26-14-20-12-23(33-4)24(34-5)13-21(20)30/h10-14,30H,6-9,15-16H2,1-5H3,(H,27,31)/b26-14+.